The van der Waals surface area contributed by atoms with E-state index >= 15 is 0 Å². The fraction of sp³-hybridized carbons (Fsp3) is 0.429. The van der Waals surface area contributed by atoms with Crippen LogP contribution in [-0.4, -0.2) is 14.8 Å². The Balaban J connectivity index is 1.79. The van der Waals surface area contributed by atoms with Gasteiger partial charge in [0.1, 0.15) is 0 Å². The molecular weight excluding hydrogens is 308 g/mol. The van der Waals surface area contributed by atoms with Crippen LogP contribution in [0.4, 0.5) is 0 Å². The second-order valence-electron chi connectivity index (χ2n) is 7.13. The molecule has 0 bridgehead atoms. The van der Waals surface area contributed by atoms with Gasteiger partial charge in [-0.3, -0.25) is 4.68 Å². The van der Waals surface area contributed by atoms with Gasteiger partial charge in [0.2, 0.25) is 0 Å². The van der Waals surface area contributed by atoms with Crippen LogP contribution in [0, 0.1) is 41.5 Å². The average Bonchev–Trinajstić information content (AvgIpc) is 2.88. The zero-order valence-electron chi connectivity index (χ0n) is 16.4. The molecule has 0 radical (unpaired) electrons. The number of rotatable bonds is 4. The summed E-state index contributed by atoms with van der Waals surface area (Å²) in [5.41, 5.74) is 11.6. The second-order valence-corrected chi connectivity index (χ2v) is 7.13. The first-order valence-electron chi connectivity index (χ1n) is 8.86. The maximum Gasteiger partial charge on any atom is 0.157 e. The van der Waals surface area contributed by atoms with E-state index < -0.39 is 0 Å². The monoisotopic (exact) mass is 336 g/mol. The molecule has 0 saturated carbocycles. The molecular formula is C21H28N4. The van der Waals surface area contributed by atoms with Gasteiger partial charge in [-0.25, -0.2) is 4.98 Å². The van der Waals surface area contributed by atoms with Gasteiger partial charge in [0.05, 0.1) is 5.69 Å². The maximum atomic E-state index is 4.56. The van der Waals surface area contributed by atoms with Gasteiger partial charge < -0.3 is 5.32 Å². The van der Waals surface area contributed by atoms with Crippen LogP contribution in [0.25, 0.3) is 11.0 Å². The van der Waals surface area contributed by atoms with E-state index in [0.29, 0.717) is 0 Å². The number of hydrogen-bond donors (Lipinski definition) is 1. The van der Waals surface area contributed by atoms with E-state index in [2.05, 4.69) is 56.1 Å². The molecule has 2 heterocycles. The summed E-state index contributed by atoms with van der Waals surface area (Å²) in [4.78, 5) is 4.56. The summed E-state index contributed by atoms with van der Waals surface area (Å²) in [5.74, 6) is 0. The number of aryl methyl sites for hydroxylation is 2. The number of nitrogens with zero attached hydrogens (tertiary/aromatic N) is 3. The highest BCUT2D eigenvalue weighted by Gasteiger charge is 2.12. The van der Waals surface area contributed by atoms with Gasteiger partial charge in [0.15, 0.2) is 5.65 Å². The molecule has 0 aliphatic carbocycles. The van der Waals surface area contributed by atoms with Gasteiger partial charge in [0.25, 0.3) is 0 Å². The molecule has 25 heavy (non-hydrogen) atoms. The predicted octanol–water partition coefficient (Wildman–Crippen LogP) is 4.11. The Hall–Kier alpha value is -2.20. The quantitative estimate of drug-likeness (QED) is 0.780. The molecule has 132 valence electrons. The Labute approximate surface area is 150 Å². The topological polar surface area (TPSA) is 42.7 Å². The molecule has 0 saturated heterocycles. The zero-order valence-corrected chi connectivity index (χ0v) is 16.4. The Bertz CT molecular complexity index is 921. The van der Waals surface area contributed by atoms with Crippen LogP contribution in [0.1, 0.15) is 44.6 Å². The largest absolute Gasteiger partial charge is 0.309 e. The minimum absolute atomic E-state index is 0.808. The van der Waals surface area contributed by atoms with Crippen molar-refractivity contribution < 1.29 is 0 Å². The fourth-order valence-electron chi connectivity index (χ4n) is 3.62. The number of fused-ring (bicyclic) bond motifs is 1. The van der Waals surface area contributed by atoms with Crippen molar-refractivity contribution >= 4 is 11.0 Å². The van der Waals surface area contributed by atoms with Gasteiger partial charge in [-0.1, -0.05) is 0 Å². The van der Waals surface area contributed by atoms with Crippen molar-refractivity contribution in [2.24, 2.45) is 7.05 Å². The molecule has 1 aromatic carbocycles. The van der Waals surface area contributed by atoms with E-state index in [1.807, 2.05) is 24.9 Å². The molecule has 0 fully saturated rings. The summed E-state index contributed by atoms with van der Waals surface area (Å²) < 4.78 is 1.84. The van der Waals surface area contributed by atoms with Crippen LogP contribution < -0.4 is 5.32 Å². The molecule has 0 aliphatic rings. The van der Waals surface area contributed by atoms with Gasteiger partial charge in [-0.15, -0.1) is 0 Å². The molecule has 0 atom stereocenters. The minimum atomic E-state index is 0.808. The lowest BCUT2D eigenvalue weighted by molar-refractivity contribution is 0.684. The molecule has 4 heteroatoms. The molecule has 3 rings (SSSR count). The Morgan fingerprint density at radius 1 is 0.880 bits per heavy atom. The summed E-state index contributed by atoms with van der Waals surface area (Å²) in [7, 11) is 1.94. The third kappa shape index (κ3) is 3.07. The SMILES string of the molecule is Cc1c(C)c(C)c(CNCc2cnc3c(c2)c(C)nn3C)c(C)c1C. The van der Waals surface area contributed by atoms with E-state index in [1.165, 1.54) is 38.9 Å². The second kappa shape index (κ2) is 6.60. The van der Waals surface area contributed by atoms with Crippen molar-refractivity contribution in [2.75, 3.05) is 0 Å². The highest BCUT2D eigenvalue weighted by molar-refractivity contribution is 5.78. The highest BCUT2D eigenvalue weighted by atomic mass is 15.3. The van der Waals surface area contributed by atoms with Crippen LogP contribution in [0.5, 0.6) is 0 Å². The van der Waals surface area contributed by atoms with Crippen molar-refractivity contribution in [2.45, 2.75) is 54.6 Å². The Morgan fingerprint density at radius 3 is 2.12 bits per heavy atom. The minimum Gasteiger partial charge on any atom is -0.309 e. The molecule has 0 spiro atoms. The van der Waals surface area contributed by atoms with Crippen molar-refractivity contribution in [1.29, 1.82) is 0 Å². The summed E-state index contributed by atoms with van der Waals surface area (Å²) in [6, 6.07) is 2.20. The molecule has 1 N–H and O–H groups in total. The third-order valence-corrected chi connectivity index (χ3v) is 5.71. The summed E-state index contributed by atoms with van der Waals surface area (Å²) in [6.07, 6.45) is 1.95. The first kappa shape index (κ1) is 17.6. The molecule has 0 amide bonds. The molecule has 3 aromatic rings. The number of hydrogen-bond acceptors (Lipinski definition) is 3. The number of nitrogens with one attached hydrogen (secondary N) is 1. The van der Waals surface area contributed by atoms with E-state index in [0.717, 1.165) is 29.8 Å². The lowest BCUT2D eigenvalue weighted by atomic mass is 9.89. The molecule has 4 nitrogen and oxygen atoms in total. The average molecular weight is 336 g/mol. The van der Waals surface area contributed by atoms with Crippen LogP contribution in [0.2, 0.25) is 0 Å². The van der Waals surface area contributed by atoms with Gasteiger partial charge in [-0.2, -0.15) is 5.10 Å². The normalized spacial score (nSPS) is 11.5. The molecule has 0 aliphatic heterocycles. The summed E-state index contributed by atoms with van der Waals surface area (Å²) in [6.45, 7) is 14.9. The van der Waals surface area contributed by atoms with E-state index in [4.69, 9.17) is 0 Å². The Morgan fingerprint density at radius 2 is 1.48 bits per heavy atom. The van der Waals surface area contributed by atoms with Gasteiger partial charge >= 0.3 is 0 Å². The molecule has 0 unspecified atom stereocenters. The number of benzene rings is 1. The smallest absolute Gasteiger partial charge is 0.157 e. The zero-order chi connectivity index (χ0) is 18.3. The van der Waals surface area contributed by atoms with E-state index in [1.54, 1.807) is 0 Å². The first-order valence-corrected chi connectivity index (χ1v) is 8.86. The van der Waals surface area contributed by atoms with Crippen molar-refractivity contribution in [1.82, 2.24) is 20.1 Å². The van der Waals surface area contributed by atoms with Crippen molar-refractivity contribution in [3.8, 4) is 0 Å². The predicted molar refractivity (Wildman–Crippen MR) is 104 cm³/mol. The van der Waals surface area contributed by atoms with Gasteiger partial charge in [0, 0.05) is 31.7 Å². The number of pyridine rings is 1. The van der Waals surface area contributed by atoms with Crippen LogP contribution in [0.3, 0.4) is 0 Å². The van der Waals surface area contributed by atoms with Crippen molar-refractivity contribution in [3.05, 3.63) is 56.9 Å². The molecule has 2 aromatic heterocycles. The number of aromatic nitrogens is 3. The van der Waals surface area contributed by atoms with Crippen LogP contribution >= 0.6 is 0 Å². The Kier molecular flexibility index (Phi) is 4.65. The lowest BCUT2D eigenvalue weighted by Gasteiger charge is -2.19. The standard InChI is InChI=1S/C21H28N4/c1-12-13(2)15(4)20(16(5)14(12)3)11-22-9-18-8-19-17(6)24-25(7)21(19)23-10-18/h8,10,22H,9,11H2,1-7H3. The van der Waals surface area contributed by atoms with Crippen LogP contribution in [0.15, 0.2) is 12.3 Å². The highest BCUT2D eigenvalue weighted by Crippen LogP contribution is 2.26. The van der Waals surface area contributed by atoms with E-state index in [-0.39, 0.29) is 0 Å². The third-order valence-electron chi connectivity index (χ3n) is 5.71. The summed E-state index contributed by atoms with van der Waals surface area (Å²) >= 11 is 0. The lowest BCUT2D eigenvalue weighted by Crippen LogP contribution is -2.16. The summed E-state index contributed by atoms with van der Waals surface area (Å²) in [5, 5.41) is 9.18. The van der Waals surface area contributed by atoms with Crippen molar-refractivity contribution in [3.63, 3.8) is 0 Å². The van der Waals surface area contributed by atoms with Crippen LogP contribution in [-0.2, 0) is 20.1 Å². The fourth-order valence-corrected chi connectivity index (χ4v) is 3.62. The first-order chi connectivity index (χ1) is 11.8. The maximum absolute atomic E-state index is 4.56. The van der Waals surface area contributed by atoms with E-state index in [9.17, 15) is 0 Å². The van der Waals surface area contributed by atoms with Gasteiger partial charge in [-0.05, 0) is 86.6 Å².